The molecule has 1 aliphatic rings. The quantitative estimate of drug-likeness (QED) is 0.471. The Morgan fingerprint density at radius 1 is 1.43 bits per heavy atom. The van der Waals surface area contributed by atoms with E-state index in [1.54, 1.807) is 4.90 Å². The molecule has 1 N–H and O–H groups in total. The summed E-state index contributed by atoms with van der Waals surface area (Å²) in [5, 5.41) is 11.5. The minimum atomic E-state index is -0.912. The van der Waals surface area contributed by atoms with Crippen LogP contribution in [-0.4, -0.2) is 46.7 Å². The van der Waals surface area contributed by atoms with Gasteiger partial charge in [0.1, 0.15) is 18.0 Å². The zero-order chi connectivity index (χ0) is 16.8. The summed E-state index contributed by atoms with van der Waals surface area (Å²) in [7, 11) is 0. The summed E-state index contributed by atoms with van der Waals surface area (Å²) in [6.07, 6.45) is 0. The molecule has 0 aliphatic carbocycles. The van der Waals surface area contributed by atoms with E-state index in [0.29, 0.717) is 5.75 Å². The zero-order valence-corrected chi connectivity index (χ0v) is 13.3. The summed E-state index contributed by atoms with van der Waals surface area (Å²) in [6.45, 7) is 1.22. The molecule has 0 spiro atoms. The van der Waals surface area contributed by atoms with Crippen molar-refractivity contribution in [1.29, 1.82) is 0 Å². The molecule has 8 nitrogen and oxygen atoms in total. The molecular weight excluding hydrogens is 322 g/mol. The van der Waals surface area contributed by atoms with Crippen LogP contribution in [0.3, 0.4) is 0 Å². The van der Waals surface area contributed by atoms with E-state index in [9.17, 15) is 19.7 Å². The molecule has 23 heavy (non-hydrogen) atoms. The molecule has 2 rings (SSSR count). The summed E-state index contributed by atoms with van der Waals surface area (Å²) in [6, 6.07) is 8.89. The van der Waals surface area contributed by atoms with Crippen LogP contribution < -0.4 is 5.32 Å². The van der Waals surface area contributed by atoms with Crippen molar-refractivity contribution in [2.75, 3.05) is 18.9 Å². The van der Waals surface area contributed by atoms with Gasteiger partial charge in [0.2, 0.25) is 11.8 Å². The van der Waals surface area contributed by atoms with Crippen molar-refractivity contribution in [3.63, 3.8) is 0 Å². The van der Waals surface area contributed by atoms with Gasteiger partial charge in [-0.25, -0.2) is 0 Å². The number of carbonyl (C=O) groups excluding carboxylic acids is 2. The Bertz CT molecular complexity index is 583. The number of rotatable bonds is 6. The van der Waals surface area contributed by atoms with Crippen LogP contribution in [0.1, 0.15) is 17.9 Å². The maximum Gasteiger partial charge on any atom is 0.294 e. The van der Waals surface area contributed by atoms with Crippen molar-refractivity contribution >= 4 is 23.6 Å². The third-order valence-corrected chi connectivity index (χ3v) is 4.67. The van der Waals surface area contributed by atoms with Crippen LogP contribution in [0.2, 0.25) is 0 Å². The average molecular weight is 339 g/mol. The molecule has 1 fully saturated rings. The fourth-order valence-electron chi connectivity index (χ4n) is 2.38. The molecule has 1 heterocycles. The van der Waals surface area contributed by atoms with Crippen molar-refractivity contribution in [2.45, 2.75) is 18.3 Å². The van der Waals surface area contributed by atoms with Gasteiger partial charge in [0.15, 0.2) is 0 Å². The van der Waals surface area contributed by atoms with Crippen LogP contribution >= 0.6 is 11.8 Å². The molecule has 0 unspecified atom stereocenters. The second-order valence-corrected chi connectivity index (χ2v) is 6.00. The summed E-state index contributed by atoms with van der Waals surface area (Å²) >= 11 is 1.52. The Morgan fingerprint density at radius 3 is 2.74 bits per heavy atom. The Labute approximate surface area is 137 Å². The first-order chi connectivity index (χ1) is 11.0. The molecule has 0 saturated carbocycles. The maximum atomic E-state index is 12.2. The van der Waals surface area contributed by atoms with E-state index in [-0.39, 0.29) is 30.3 Å². The highest BCUT2D eigenvalue weighted by atomic mass is 32.2. The van der Waals surface area contributed by atoms with Crippen molar-refractivity contribution in [2.24, 2.45) is 0 Å². The third kappa shape index (κ3) is 4.35. The van der Waals surface area contributed by atoms with Gasteiger partial charge in [-0.15, -0.1) is 21.9 Å². The van der Waals surface area contributed by atoms with Gasteiger partial charge in [-0.3, -0.25) is 9.59 Å². The molecule has 2 atom stereocenters. The largest absolute Gasteiger partial charge is 0.352 e. The smallest absolute Gasteiger partial charge is 0.294 e. The van der Waals surface area contributed by atoms with Crippen molar-refractivity contribution < 1.29 is 19.5 Å². The lowest BCUT2D eigenvalue weighted by molar-refractivity contribution is -0.757. The molecule has 1 aromatic carbocycles. The SMILES string of the molecule is CC(=O)N1[C@H](C(=O)NCCO[N+](=O)[O-])CS[C@H]1c1ccccc1. The number of nitrogens with one attached hydrogen (secondary N) is 1. The first-order valence-corrected chi connectivity index (χ1v) is 8.06. The fraction of sp³-hybridized carbons (Fsp3) is 0.429. The monoisotopic (exact) mass is 339 g/mol. The number of hydrogen-bond donors (Lipinski definition) is 1. The van der Waals surface area contributed by atoms with E-state index >= 15 is 0 Å². The van der Waals surface area contributed by atoms with E-state index in [0.717, 1.165) is 5.56 Å². The van der Waals surface area contributed by atoms with Gasteiger partial charge in [-0.1, -0.05) is 30.3 Å². The lowest BCUT2D eigenvalue weighted by Gasteiger charge is -2.27. The van der Waals surface area contributed by atoms with Crippen LogP contribution in [-0.2, 0) is 14.4 Å². The van der Waals surface area contributed by atoms with E-state index in [1.165, 1.54) is 18.7 Å². The first-order valence-electron chi connectivity index (χ1n) is 7.01. The Balaban J connectivity index is 2.00. The van der Waals surface area contributed by atoms with Crippen LogP contribution in [0.15, 0.2) is 30.3 Å². The van der Waals surface area contributed by atoms with Crippen LogP contribution in [0.4, 0.5) is 0 Å². The maximum absolute atomic E-state index is 12.2. The van der Waals surface area contributed by atoms with Gasteiger partial charge >= 0.3 is 0 Å². The van der Waals surface area contributed by atoms with E-state index in [2.05, 4.69) is 10.2 Å². The van der Waals surface area contributed by atoms with E-state index in [1.807, 2.05) is 30.3 Å². The van der Waals surface area contributed by atoms with Crippen molar-refractivity contribution in [1.82, 2.24) is 10.2 Å². The highest BCUT2D eigenvalue weighted by Gasteiger charge is 2.40. The Kier molecular flexibility index (Phi) is 5.80. The molecule has 1 aliphatic heterocycles. The minimum Gasteiger partial charge on any atom is -0.352 e. The number of amides is 2. The number of benzene rings is 1. The normalized spacial score (nSPS) is 20.1. The van der Waals surface area contributed by atoms with Gasteiger partial charge in [0.25, 0.3) is 5.09 Å². The highest BCUT2D eigenvalue weighted by Crippen LogP contribution is 2.41. The second-order valence-electron chi connectivity index (χ2n) is 4.89. The van der Waals surface area contributed by atoms with Gasteiger partial charge in [0, 0.05) is 19.2 Å². The Hall–Kier alpha value is -2.29. The minimum absolute atomic E-state index is 0.0166. The van der Waals surface area contributed by atoms with Crippen molar-refractivity contribution in [3.8, 4) is 0 Å². The molecule has 1 aromatic rings. The number of carbonyl (C=O) groups is 2. The summed E-state index contributed by atoms with van der Waals surface area (Å²) in [5.74, 6) is -0.0511. The highest BCUT2D eigenvalue weighted by molar-refractivity contribution is 7.99. The summed E-state index contributed by atoms with van der Waals surface area (Å²) < 4.78 is 0. The molecule has 0 aromatic heterocycles. The standard InChI is InChI=1S/C14H17N3O5S/c1-10(18)16-12(13(19)15-7-8-22-17(20)21)9-23-14(16)11-5-3-2-4-6-11/h2-6,12,14H,7-9H2,1H3,(H,15,19)/t12-,14-/m0/s1. The van der Waals surface area contributed by atoms with Gasteiger partial charge in [-0.05, 0) is 5.56 Å². The molecule has 2 amide bonds. The predicted molar refractivity (Wildman–Crippen MR) is 83.9 cm³/mol. The molecular formula is C14H17N3O5S. The predicted octanol–water partition coefficient (Wildman–Crippen LogP) is 0.974. The lowest BCUT2D eigenvalue weighted by atomic mass is 10.1. The summed E-state index contributed by atoms with van der Waals surface area (Å²) in [4.78, 5) is 40.0. The summed E-state index contributed by atoms with van der Waals surface area (Å²) in [5.41, 5.74) is 0.958. The zero-order valence-electron chi connectivity index (χ0n) is 12.5. The molecule has 9 heteroatoms. The van der Waals surface area contributed by atoms with E-state index < -0.39 is 11.1 Å². The Morgan fingerprint density at radius 2 is 2.13 bits per heavy atom. The molecule has 124 valence electrons. The van der Waals surface area contributed by atoms with Gasteiger partial charge < -0.3 is 15.1 Å². The first kappa shape index (κ1) is 17.1. The number of nitrogens with zero attached hydrogens (tertiary/aromatic N) is 2. The molecule has 0 bridgehead atoms. The fourth-order valence-corrected chi connectivity index (χ4v) is 3.86. The topological polar surface area (TPSA) is 102 Å². The third-order valence-electron chi connectivity index (χ3n) is 3.35. The lowest BCUT2D eigenvalue weighted by Crippen LogP contribution is -2.47. The number of hydrogen-bond acceptors (Lipinski definition) is 6. The second kappa shape index (κ2) is 7.82. The number of thioether (sulfide) groups is 1. The van der Waals surface area contributed by atoms with Gasteiger partial charge in [-0.2, -0.15) is 0 Å². The van der Waals surface area contributed by atoms with Crippen LogP contribution in [0.25, 0.3) is 0 Å². The van der Waals surface area contributed by atoms with Gasteiger partial charge in [0.05, 0.1) is 0 Å². The van der Waals surface area contributed by atoms with Crippen LogP contribution in [0, 0.1) is 10.1 Å². The molecule has 1 saturated heterocycles. The van der Waals surface area contributed by atoms with Crippen LogP contribution in [0.5, 0.6) is 0 Å². The molecule has 0 radical (unpaired) electrons. The average Bonchev–Trinajstić information content (AvgIpc) is 2.97. The van der Waals surface area contributed by atoms with Crippen molar-refractivity contribution in [3.05, 3.63) is 46.0 Å². The van der Waals surface area contributed by atoms with E-state index in [4.69, 9.17) is 0 Å².